The van der Waals surface area contributed by atoms with Gasteiger partial charge >= 0.3 is 6.09 Å². The lowest BCUT2D eigenvalue weighted by atomic mass is 9.66. The third-order valence-electron chi connectivity index (χ3n) is 5.67. The third kappa shape index (κ3) is 6.30. The number of aromatic nitrogens is 2. The number of amides is 1. The van der Waals surface area contributed by atoms with Gasteiger partial charge < -0.3 is 14.8 Å². The average Bonchev–Trinajstić information content (AvgIpc) is 2.68. The Morgan fingerprint density at radius 1 is 1.27 bits per heavy atom. The second-order valence-electron chi connectivity index (χ2n) is 9.34. The van der Waals surface area contributed by atoms with E-state index in [1.165, 1.54) is 11.1 Å². The van der Waals surface area contributed by atoms with Crippen LogP contribution in [0.1, 0.15) is 66.2 Å². The lowest BCUT2D eigenvalue weighted by Crippen LogP contribution is -2.44. The quantitative estimate of drug-likeness (QED) is 0.585. The van der Waals surface area contributed by atoms with Crippen molar-refractivity contribution in [1.29, 1.82) is 0 Å². The Morgan fingerprint density at radius 3 is 2.60 bits per heavy atom. The molecule has 0 radical (unpaired) electrons. The number of carbonyl (C=O) groups excluding carboxylic acids is 1. The Balaban J connectivity index is 1.68. The van der Waals surface area contributed by atoms with Crippen LogP contribution in [0.5, 0.6) is 5.88 Å². The van der Waals surface area contributed by atoms with Crippen LogP contribution in [0, 0.1) is 5.41 Å². The topological polar surface area (TPSA) is 73.3 Å². The standard InChI is InChI=1S/C23H32BrN3O3/c1-16-6-5-7-17(14-16)23(15-25-21(28)30-22(2,3)4)12-10-18(11-13-23)29-20-9-8-19(24)26-27-20/h7-9,14,18H,5-6,10-13,15H2,1-4H3,(H,25,28). The third-order valence-corrected chi connectivity index (χ3v) is 6.09. The van der Waals surface area contributed by atoms with E-state index in [-0.39, 0.29) is 17.6 Å². The van der Waals surface area contributed by atoms with Gasteiger partial charge in [0.2, 0.25) is 5.88 Å². The second kappa shape index (κ2) is 9.50. The first-order valence-corrected chi connectivity index (χ1v) is 11.5. The fourth-order valence-electron chi connectivity index (χ4n) is 4.14. The number of alkyl carbamates (subject to hydrolysis) is 1. The molecule has 0 bridgehead atoms. The summed E-state index contributed by atoms with van der Waals surface area (Å²) in [5.41, 5.74) is 2.13. The Morgan fingerprint density at radius 2 is 2.00 bits per heavy atom. The summed E-state index contributed by atoms with van der Waals surface area (Å²) in [7, 11) is 0. The van der Waals surface area contributed by atoms with Crippen molar-refractivity contribution < 1.29 is 14.3 Å². The Hall–Kier alpha value is -1.89. The average molecular weight is 478 g/mol. The Bertz CT molecular complexity index is 804. The normalized spacial score (nSPS) is 24.5. The van der Waals surface area contributed by atoms with Crippen LogP contribution in [-0.2, 0) is 4.74 Å². The smallest absolute Gasteiger partial charge is 0.407 e. The van der Waals surface area contributed by atoms with E-state index in [4.69, 9.17) is 9.47 Å². The van der Waals surface area contributed by atoms with Crippen LogP contribution in [0.3, 0.4) is 0 Å². The van der Waals surface area contributed by atoms with Gasteiger partial charge in [0.15, 0.2) is 0 Å². The molecule has 1 aromatic heterocycles. The summed E-state index contributed by atoms with van der Waals surface area (Å²) >= 11 is 3.30. The highest BCUT2D eigenvalue weighted by Gasteiger charge is 2.39. The maximum absolute atomic E-state index is 12.3. The van der Waals surface area contributed by atoms with E-state index < -0.39 is 5.60 Å². The minimum atomic E-state index is -0.505. The first-order valence-electron chi connectivity index (χ1n) is 10.7. The molecule has 1 fully saturated rings. The van der Waals surface area contributed by atoms with E-state index in [1.807, 2.05) is 32.9 Å². The number of allylic oxidation sites excluding steroid dienone is 3. The number of hydrogen-bond acceptors (Lipinski definition) is 5. The molecule has 1 amide bonds. The predicted octanol–water partition coefficient (Wildman–Crippen LogP) is 5.74. The van der Waals surface area contributed by atoms with Gasteiger partial charge in [0, 0.05) is 18.0 Å². The molecule has 0 saturated heterocycles. The molecule has 1 heterocycles. The molecule has 0 atom stereocenters. The molecule has 6 nitrogen and oxygen atoms in total. The predicted molar refractivity (Wildman–Crippen MR) is 120 cm³/mol. The summed E-state index contributed by atoms with van der Waals surface area (Å²) in [6, 6.07) is 3.67. The monoisotopic (exact) mass is 477 g/mol. The first-order chi connectivity index (χ1) is 14.2. The summed E-state index contributed by atoms with van der Waals surface area (Å²) in [5.74, 6) is 0.551. The molecular formula is C23H32BrN3O3. The summed E-state index contributed by atoms with van der Waals surface area (Å²) in [6.45, 7) is 8.40. The SMILES string of the molecule is CC1=CC(C2(CNC(=O)OC(C)(C)C)CCC(Oc3ccc(Br)nn3)CC2)=CCC1. The number of hydrogen-bond donors (Lipinski definition) is 1. The summed E-state index contributed by atoms with van der Waals surface area (Å²) in [5, 5.41) is 11.1. The van der Waals surface area contributed by atoms with E-state index in [0.29, 0.717) is 17.0 Å². The number of nitrogens with zero attached hydrogens (tertiary/aromatic N) is 2. The number of rotatable bonds is 5. The van der Waals surface area contributed by atoms with Crippen molar-refractivity contribution >= 4 is 22.0 Å². The van der Waals surface area contributed by atoms with Crippen molar-refractivity contribution in [2.75, 3.05) is 6.54 Å². The molecule has 1 N–H and O–H groups in total. The van der Waals surface area contributed by atoms with Gasteiger partial charge in [0.25, 0.3) is 0 Å². The van der Waals surface area contributed by atoms with Crippen molar-refractivity contribution in [3.8, 4) is 5.88 Å². The van der Waals surface area contributed by atoms with Gasteiger partial charge in [-0.1, -0.05) is 17.7 Å². The van der Waals surface area contributed by atoms with E-state index in [2.05, 4.69) is 50.5 Å². The zero-order chi connectivity index (χ0) is 21.8. The highest BCUT2D eigenvalue weighted by atomic mass is 79.9. The highest BCUT2D eigenvalue weighted by Crippen LogP contribution is 2.45. The first kappa shape index (κ1) is 22.8. The largest absolute Gasteiger partial charge is 0.473 e. The summed E-state index contributed by atoms with van der Waals surface area (Å²) < 4.78 is 12.2. The van der Waals surface area contributed by atoms with Gasteiger partial charge in [-0.15, -0.1) is 10.2 Å². The molecule has 3 rings (SSSR count). The molecular weight excluding hydrogens is 446 g/mol. The Labute approximate surface area is 187 Å². The van der Waals surface area contributed by atoms with E-state index in [1.54, 1.807) is 0 Å². The van der Waals surface area contributed by atoms with Crippen molar-refractivity contribution in [1.82, 2.24) is 15.5 Å². The van der Waals surface area contributed by atoms with Crippen LogP contribution in [0.4, 0.5) is 4.79 Å². The fourth-order valence-corrected chi connectivity index (χ4v) is 4.36. The highest BCUT2D eigenvalue weighted by molar-refractivity contribution is 9.10. The minimum Gasteiger partial charge on any atom is -0.473 e. The number of nitrogens with one attached hydrogen (secondary N) is 1. The molecule has 1 saturated carbocycles. The van der Waals surface area contributed by atoms with Crippen molar-refractivity contribution in [3.05, 3.63) is 40.0 Å². The summed E-state index contributed by atoms with van der Waals surface area (Å²) in [6.07, 6.45) is 10.2. The zero-order valence-corrected chi connectivity index (χ0v) is 19.9. The second-order valence-corrected chi connectivity index (χ2v) is 10.1. The lowest BCUT2D eigenvalue weighted by molar-refractivity contribution is 0.0471. The van der Waals surface area contributed by atoms with Gasteiger partial charge in [0.1, 0.15) is 16.3 Å². The Kier molecular flexibility index (Phi) is 7.22. The molecule has 0 spiro atoms. The van der Waals surface area contributed by atoms with Gasteiger partial charge in [-0.05, 0) is 93.8 Å². The summed E-state index contributed by atoms with van der Waals surface area (Å²) in [4.78, 5) is 12.3. The number of halogens is 1. The van der Waals surface area contributed by atoms with Crippen LogP contribution in [0.2, 0.25) is 0 Å². The van der Waals surface area contributed by atoms with Gasteiger partial charge in [-0.25, -0.2) is 4.79 Å². The van der Waals surface area contributed by atoms with E-state index in [9.17, 15) is 4.79 Å². The number of ether oxygens (including phenoxy) is 2. The molecule has 7 heteroatoms. The van der Waals surface area contributed by atoms with Gasteiger partial charge in [-0.2, -0.15) is 0 Å². The van der Waals surface area contributed by atoms with Crippen molar-refractivity contribution in [2.24, 2.45) is 5.41 Å². The molecule has 30 heavy (non-hydrogen) atoms. The molecule has 0 unspecified atom stereocenters. The maximum atomic E-state index is 12.3. The van der Waals surface area contributed by atoms with Crippen LogP contribution in [0.25, 0.3) is 0 Å². The minimum absolute atomic E-state index is 0.0934. The van der Waals surface area contributed by atoms with Crippen LogP contribution in [-0.4, -0.2) is 34.5 Å². The van der Waals surface area contributed by atoms with Gasteiger partial charge in [0.05, 0.1) is 0 Å². The molecule has 0 aliphatic heterocycles. The van der Waals surface area contributed by atoms with E-state index >= 15 is 0 Å². The van der Waals surface area contributed by atoms with Gasteiger partial charge in [-0.3, -0.25) is 0 Å². The molecule has 2 aliphatic rings. The molecule has 0 aromatic carbocycles. The lowest BCUT2D eigenvalue weighted by Gasteiger charge is -2.42. The van der Waals surface area contributed by atoms with E-state index in [0.717, 1.165) is 38.5 Å². The van der Waals surface area contributed by atoms with Crippen LogP contribution in [0.15, 0.2) is 40.0 Å². The molecule has 2 aliphatic carbocycles. The fraction of sp³-hybridized carbons (Fsp3) is 0.609. The number of carbonyl (C=O) groups is 1. The van der Waals surface area contributed by atoms with Crippen LogP contribution >= 0.6 is 15.9 Å². The molecule has 1 aromatic rings. The van der Waals surface area contributed by atoms with Crippen molar-refractivity contribution in [3.63, 3.8) is 0 Å². The van der Waals surface area contributed by atoms with Crippen LogP contribution < -0.4 is 10.1 Å². The maximum Gasteiger partial charge on any atom is 0.407 e. The molecule has 164 valence electrons. The zero-order valence-electron chi connectivity index (χ0n) is 18.3. The van der Waals surface area contributed by atoms with Crippen molar-refractivity contribution in [2.45, 2.75) is 77.9 Å².